The van der Waals surface area contributed by atoms with E-state index in [1.54, 1.807) is 24.5 Å². The van der Waals surface area contributed by atoms with Crippen LogP contribution in [0.25, 0.3) is 10.9 Å². The average Bonchev–Trinajstić information content (AvgIpc) is 2.68. The lowest BCUT2D eigenvalue weighted by Crippen LogP contribution is -2.38. The van der Waals surface area contributed by atoms with Crippen LogP contribution in [0.4, 0.5) is 0 Å². The Hall–Kier alpha value is -2.17. The minimum Gasteiger partial charge on any atom is -0.303 e. The molecule has 4 rings (SSSR count). The smallest absolute Gasteiger partial charge is 0.261 e. The van der Waals surface area contributed by atoms with Gasteiger partial charge in [0.15, 0.2) is 0 Å². The molecule has 1 aliphatic rings. The van der Waals surface area contributed by atoms with E-state index in [9.17, 15) is 4.79 Å². The van der Waals surface area contributed by atoms with E-state index < -0.39 is 0 Å². The van der Waals surface area contributed by atoms with Crippen LogP contribution in [0.1, 0.15) is 24.4 Å². The fourth-order valence-corrected chi connectivity index (χ4v) is 3.89. The first-order valence-corrected chi connectivity index (χ1v) is 9.51. The monoisotopic (exact) mass is 367 g/mol. The molecule has 26 heavy (non-hydrogen) atoms. The van der Waals surface area contributed by atoms with Crippen molar-refractivity contribution in [1.29, 1.82) is 0 Å². The van der Waals surface area contributed by atoms with Crippen molar-refractivity contribution >= 4 is 22.5 Å². The molecule has 5 heteroatoms. The number of rotatable bonds is 4. The minimum absolute atomic E-state index is 0.0365. The van der Waals surface area contributed by atoms with Crippen LogP contribution in [0.15, 0.2) is 59.7 Å². The van der Waals surface area contributed by atoms with Crippen LogP contribution in [0.3, 0.4) is 0 Å². The quantitative estimate of drug-likeness (QED) is 0.701. The molecule has 2 heterocycles. The molecule has 0 aliphatic carbocycles. The van der Waals surface area contributed by atoms with Gasteiger partial charge in [0.2, 0.25) is 0 Å². The third-order valence-corrected chi connectivity index (χ3v) is 5.49. The predicted molar refractivity (Wildman–Crippen MR) is 106 cm³/mol. The molecule has 1 saturated heterocycles. The summed E-state index contributed by atoms with van der Waals surface area (Å²) in [5, 5.41) is 1.25. The number of hydrogen-bond donors (Lipinski definition) is 0. The maximum absolute atomic E-state index is 12.8. The summed E-state index contributed by atoms with van der Waals surface area (Å²) in [6.45, 7) is 3.10. The van der Waals surface area contributed by atoms with Gasteiger partial charge in [-0.15, -0.1) is 0 Å². The van der Waals surface area contributed by atoms with Crippen LogP contribution in [-0.4, -0.2) is 34.1 Å². The number of aromatic nitrogens is 2. The number of piperidine rings is 1. The first kappa shape index (κ1) is 17.3. The summed E-state index contributed by atoms with van der Waals surface area (Å²) in [4.78, 5) is 19.7. The van der Waals surface area contributed by atoms with Crippen molar-refractivity contribution in [3.63, 3.8) is 0 Å². The largest absolute Gasteiger partial charge is 0.303 e. The Morgan fingerprint density at radius 1 is 1.08 bits per heavy atom. The zero-order valence-corrected chi connectivity index (χ0v) is 15.4. The lowest BCUT2D eigenvalue weighted by molar-refractivity contribution is 0.186. The summed E-state index contributed by atoms with van der Waals surface area (Å²) < 4.78 is 1.81. The van der Waals surface area contributed by atoms with Crippen molar-refractivity contribution in [1.82, 2.24) is 14.5 Å². The standard InChI is InChI=1S/C21H22ClN3O/c22-17-6-7-19-20(14-17)23-15-25(21(19)26)18-9-12-24(13-10-18)11-8-16-4-2-1-3-5-16/h1-7,14-15,18H,8-13H2. The molecule has 4 nitrogen and oxygen atoms in total. The molecule has 0 saturated carbocycles. The van der Waals surface area contributed by atoms with E-state index >= 15 is 0 Å². The van der Waals surface area contributed by atoms with Crippen molar-refractivity contribution < 1.29 is 0 Å². The van der Waals surface area contributed by atoms with E-state index in [1.807, 2.05) is 4.57 Å². The molecule has 1 fully saturated rings. The summed E-state index contributed by atoms with van der Waals surface area (Å²) in [5.41, 5.74) is 2.08. The number of fused-ring (bicyclic) bond motifs is 1. The van der Waals surface area contributed by atoms with Gasteiger partial charge in [-0.05, 0) is 43.0 Å². The predicted octanol–water partition coefficient (Wildman–Crippen LogP) is 3.93. The number of hydrogen-bond acceptors (Lipinski definition) is 3. The highest BCUT2D eigenvalue weighted by molar-refractivity contribution is 6.31. The van der Waals surface area contributed by atoms with E-state index in [1.165, 1.54) is 5.56 Å². The van der Waals surface area contributed by atoms with E-state index in [2.05, 4.69) is 40.2 Å². The Morgan fingerprint density at radius 2 is 1.85 bits per heavy atom. The van der Waals surface area contributed by atoms with E-state index in [0.717, 1.165) is 38.9 Å². The van der Waals surface area contributed by atoms with E-state index in [4.69, 9.17) is 11.6 Å². The Balaban J connectivity index is 1.42. The first-order valence-electron chi connectivity index (χ1n) is 9.13. The van der Waals surface area contributed by atoms with Crippen LogP contribution in [-0.2, 0) is 6.42 Å². The van der Waals surface area contributed by atoms with Gasteiger partial charge in [-0.1, -0.05) is 41.9 Å². The van der Waals surface area contributed by atoms with Crippen molar-refractivity contribution in [2.75, 3.05) is 19.6 Å². The highest BCUT2D eigenvalue weighted by atomic mass is 35.5. The zero-order chi connectivity index (χ0) is 17.9. The highest BCUT2D eigenvalue weighted by Crippen LogP contribution is 2.22. The minimum atomic E-state index is 0.0365. The normalized spacial score (nSPS) is 16.2. The number of likely N-dealkylation sites (tertiary alicyclic amines) is 1. The van der Waals surface area contributed by atoms with Crippen LogP contribution < -0.4 is 5.56 Å². The Morgan fingerprint density at radius 3 is 2.62 bits per heavy atom. The van der Waals surface area contributed by atoms with Gasteiger partial charge in [0.25, 0.3) is 5.56 Å². The van der Waals surface area contributed by atoms with Crippen LogP contribution in [0.2, 0.25) is 5.02 Å². The summed E-state index contributed by atoms with van der Waals surface area (Å²) in [5.74, 6) is 0. The molecule has 1 aliphatic heterocycles. The van der Waals surface area contributed by atoms with Gasteiger partial charge >= 0.3 is 0 Å². The molecule has 134 valence electrons. The van der Waals surface area contributed by atoms with Crippen molar-refractivity contribution in [2.24, 2.45) is 0 Å². The average molecular weight is 368 g/mol. The summed E-state index contributed by atoms with van der Waals surface area (Å²) in [6.07, 6.45) is 4.72. The molecule has 0 amide bonds. The molecule has 0 N–H and O–H groups in total. The number of halogens is 1. The summed E-state index contributed by atoms with van der Waals surface area (Å²) in [6, 6.07) is 16.1. The maximum atomic E-state index is 12.8. The van der Waals surface area contributed by atoms with E-state index in [0.29, 0.717) is 15.9 Å². The fourth-order valence-electron chi connectivity index (χ4n) is 3.72. The lowest BCUT2D eigenvalue weighted by atomic mass is 10.0. The van der Waals surface area contributed by atoms with E-state index in [-0.39, 0.29) is 11.6 Å². The van der Waals surface area contributed by atoms with Crippen molar-refractivity contribution in [3.05, 3.63) is 75.8 Å². The Labute approximate surface area is 158 Å². The molecule has 0 radical (unpaired) electrons. The van der Waals surface area contributed by atoms with Crippen LogP contribution in [0, 0.1) is 0 Å². The second-order valence-electron chi connectivity index (χ2n) is 6.93. The first-order chi connectivity index (χ1) is 12.7. The Kier molecular flexibility index (Phi) is 5.05. The van der Waals surface area contributed by atoms with Gasteiger partial charge in [0.1, 0.15) is 0 Å². The third kappa shape index (κ3) is 3.67. The van der Waals surface area contributed by atoms with Gasteiger partial charge in [-0.2, -0.15) is 0 Å². The summed E-state index contributed by atoms with van der Waals surface area (Å²) >= 11 is 6.00. The van der Waals surface area contributed by atoms with Crippen LogP contribution in [0.5, 0.6) is 0 Å². The highest BCUT2D eigenvalue weighted by Gasteiger charge is 2.21. The molecular weight excluding hydrogens is 346 g/mol. The molecule has 1 aromatic heterocycles. The Bertz CT molecular complexity index is 946. The maximum Gasteiger partial charge on any atom is 0.261 e. The van der Waals surface area contributed by atoms with Gasteiger partial charge in [-0.3, -0.25) is 9.36 Å². The molecule has 3 aromatic rings. The molecule has 0 bridgehead atoms. The van der Waals surface area contributed by atoms with Crippen molar-refractivity contribution in [3.8, 4) is 0 Å². The molecule has 2 aromatic carbocycles. The lowest BCUT2D eigenvalue weighted by Gasteiger charge is -2.32. The van der Waals surface area contributed by atoms with Crippen molar-refractivity contribution in [2.45, 2.75) is 25.3 Å². The van der Waals surface area contributed by atoms with Gasteiger partial charge in [0, 0.05) is 30.7 Å². The number of benzene rings is 2. The van der Waals surface area contributed by atoms with Gasteiger partial charge in [-0.25, -0.2) is 4.98 Å². The van der Waals surface area contributed by atoms with Gasteiger partial charge in [0.05, 0.1) is 17.2 Å². The SMILES string of the molecule is O=c1c2ccc(Cl)cc2ncn1C1CCN(CCc2ccccc2)CC1. The molecule has 0 spiro atoms. The fraction of sp³-hybridized carbons (Fsp3) is 0.333. The number of nitrogens with zero attached hydrogens (tertiary/aromatic N) is 3. The van der Waals surface area contributed by atoms with Gasteiger partial charge < -0.3 is 4.90 Å². The topological polar surface area (TPSA) is 38.1 Å². The molecule has 0 atom stereocenters. The summed E-state index contributed by atoms with van der Waals surface area (Å²) in [7, 11) is 0. The third-order valence-electron chi connectivity index (χ3n) is 5.26. The second kappa shape index (κ2) is 7.60. The molecule has 0 unspecified atom stereocenters. The van der Waals surface area contributed by atoms with Crippen LogP contribution >= 0.6 is 11.6 Å². The zero-order valence-electron chi connectivity index (χ0n) is 14.6. The second-order valence-corrected chi connectivity index (χ2v) is 7.36. The molecular formula is C21H22ClN3O.